The van der Waals surface area contributed by atoms with E-state index in [2.05, 4.69) is 0 Å². The molecule has 8 heavy (non-hydrogen) atoms. The monoisotopic (exact) mass is 117 g/mol. The number of rotatable bonds is 3. The van der Waals surface area contributed by atoms with Crippen molar-refractivity contribution in [2.24, 2.45) is 5.92 Å². The highest BCUT2D eigenvalue weighted by Gasteiger charge is 2.04. The van der Waals surface area contributed by atoms with Crippen LogP contribution in [0.4, 0.5) is 0 Å². The van der Waals surface area contributed by atoms with E-state index in [4.69, 9.17) is 4.74 Å². The number of ether oxygens (including phenoxy) is 1. The largest absolute Gasteiger partial charge is 0.349 e. The summed E-state index contributed by atoms with van der Waals surface area (Å²) in [6, 6.07) is 0. The molecule has 1 unspecified atom stereocenters. The van der Waals surface area contributed by atoms with E-state index in [1.807, 2.05) is 20.8 Å². The Bertz CT molecular complexity index is 52.5. The van der Waals surface area contributed by atoms with Crippen molar-refractivity contribution < 1.29 is 9.84 Å². The first-order chi connectivity index (χ1) is 3.68. The van der Waals surface area contributed by atoms with Crippen molar-refractivity contribution in [2.45, 2.75) is 26.9 Å². The SMILES string of the molecule is CC(C)C(C)OC[O]. The lowest BCUT2D eigenvalue weighted by molar-refractivity contribution is -0.0908. The summed E-state index contributed by atoms with van der Waals surface area (Å²) < 4.78 is 4.75. The topological polar surface area (TPSA) is 29.1 Å². The van der Waals surface area contributed by atoms with E-state index in [-0.39, 0.29) is 6.10 Å². The summed E-state index contributed by atoms with van der Waals surface area (Å²) in [6.45, 7) is 5.54. The summed E-state index contributed by atoms with van der Waals surface area (Å²) in [5.74, 6) is 0.448. The van der Waals surface area contributed by atoms with E-state index in [0.717, 1.165) is 0 Å². The van der Waals surface area contributed by atoms with Gasteiger partial charge < -0.3 is 4.74 Å². The second kappa shape index (κ2) is 3.87. The molecule has 1 atom stereocenters. The zero-order valence-corrected chi connectivity index (χ0v) is 5.68. The average molecular weight is 117 g/mol. The van der Waals surface area contributed by atoms with Crippen LogP contribution in [0.2, 0.25) is 0 Å². The summed E-state index contributed by atoms with van der Waals surface area (Å²) in [7, 11) is 0. The van der Waals surface area contributed by atoms with Crippen molar-refractivity contribution in [3.8, 4) is 0 Å². The first kappa shape index (κ1) is 7.92. The first-order valence-electron chi connectivity index (χ1n) is 2.88. The Balaban J connectivity index is 3.17. The minimum absolute atomic E-state index is 0.104. The Hall–Kier alpha value is -0.0800. The van der Waals surface area contributed by atoms with Crippen LogP contribution in [-0.4, -0.2) is 12.9 Å². The third-order valence-electron chi connectivity index (χ3n) is 1.27. The molecule has 1 radical (unpaired) electrons. The fourth-order valence-corrected chi connectivity index (χ4v) is 0.300. The van der Waals surface area contributed by atoms with Gasteiger partial charge in [-0.2, -0.15) is 0 Å². The van der Waals surface area contributed by atoms with Gasteiger partial charge in [-0.15, -0.1) is 0 Å². The van der Waals surface area contributed by atoms with Crippen LogP contribution in [0.1, 0.15) is 20.8 Å². The Labute approximate surface area is 50.5 Å². The van der Waals surface area contributed by atoms with Crippen LogP contribution < -0.4 is 0 Å². The van der Waals surface area contributed by atoms with E-state index < -0.39 is 6.79 Å². The maximum atomic E-state index is 9.82. The third kappa shape index (κ3) is 2.99. The molecule has 2 heteroatoms. The van der Waals surface area contributed by atoms with E-state index in [9.17, 15) is 5.11 Å². The van der Waals surface area contributed by atoms with Gasteiger partial charge in [0.05, 0.1) is 6.10 Å². The molecule has 0 aromatic heterocycles. The predicted octanol–water partition coefficient (Wildman–Crippen LogP) is 1.44. The quantitative estimate of drug-likeness (QED) is 0.514. The summed E-state index contributed by atoms with van der Waals surface area (Å²) in [5.41, 5.74) is 0. The lowest BCUT2D eigenvalue weighted by atomic mass is 10.1. The molecule has 0 saturated heterocycles. The molecule has 0 fully saturated rings. The number of hydrogen-bond acceptors (Lipinski definition) is 1. The molecule has 0 heterocycles. The van der Waals surface area contributed by atoms with Crippen LogP contribution in [0.5, 0.6) is 0 Å². The van der Waals surface area contributed by atoms with Gasteiger partial charge in [-0.05, 0) is 12.8 Å². The normalized spacial score (nSPS) is 14.6. The Morgan fingerprint density at radius 2 is 1.88 bits per heavy atom. The Kier molecular flexibility index (Phi) is 3.83. The fourth-order valence-electron chi connectivity index (χ4n) is 0.300. The Morgan fingerprint density at radius 1 is 1.38 bits per heavy atom. The van der Waals surface area contributed by atoms with Crippen LogP contribution in [0, 0.1) is 5.92 Å². The van der Waals surface area contributed by atoms with Crippen molar-refractivity contribution >= 4 is 0 Å². The minimum Gasteiger partial charge on any atom is -0.349 e. The van der Waals surface area contributed by atoms with Crippen LogP contribution in [-0.2, 0) is 9.84 Å². The lowest BCUT2D eigenvalue weighted by Crippen LogP contribution is -2.15. The molecule has 0 amide bonds. The van der Waals surface area contributed by atoms with Gasteiger partial charge in [0, 0.05) is 0 Å². The minimum atomic E-state index is -0.417. The predicted molar refractivity (Wildman–Crippen MR) is 30.9 cm³/mol. The molecule has 2 nitrogen and oxygen atoms in total. The van der Waals surface area contributed by atoms with E-state index in [1.165, 1.54) is 0 Å². The van der Waals surface area contributed by atoms with Crippen molar-refractivity contribution in [2.75, 3.05) is 6.79 Å². The van der Waals surface area contributed by atoms with Crippen molar-refractivity contribution in [1.82, 2.24) is 0 Å². The van der Waals surface area contributed by atoms with Crippen molar-refractivity contribution in [3.63, 3.8) is 0 Å². The standard InChI is InChI=1S/C6H13O2/c1-5(2)6(3)8-4-7/h5-6H,4H2,1-3H3. The first-order valence-corrected chi connectivity index (χ1v) is 2.88. The molecule has 0 bridgehead atoms. The zero-order valence-electron chi connectivity index (χ0n) is 5.68. The summed E-state index contributed by atoms with van der Waals surface area (Å²) >= 11 is 0. The summed E-state index contributed by atoms with van der Waals surface area (Å²) in [4.78, 5) is 0. The summed E-state index contributed by atoms with van der Waals surface area (Å²) in [5, 5.41) is 9.82. The Morgan fingerprint density at radius 3 is 2.00 bits per heavy atom. The molecule has 0 rings (SSSR count). The van der Waals surface area contributed by atoms with E-state index in [0.29, 0.717) is 5.92 Å². The second-order valence-corrected chi connectivity index (χ2v) is 2.23. The summed E-state index contributed by atoms with van der Waals surface area (Å²) in [6.07, 6.45) is 0.104. The lowest BCUT2D eigenvalue weighted by Gasteiger charge is -2.12. The average Bonchev–Trinajstić information content (AvgIpc) is 1.67. The van der Waals surface area contributed by atoms with Crippen LogP contribution in [0.3, 0.4) is 0 Å². The molecule has 0 spiro atoms. The van der Waals surface area contributed by atoms with Crippen LogP contribution in [0.15, 0.2) is 0 Å². The fraction of sp³-hybridized carbons (Fsp3) is 1.00. The third-order valence-corrected chi connectivity index (χ3v) is 1.27. The molecule has 49 valence electrons. The molecule has 0 N–H and O–H groups in total. The van der Waals surface area contributed by atoms with Gasteiger partial charge >= 0.3 is 0 Å². The van der Waals surface area contributed by atoms with E-state index in [1.54, 1.807) is 0 Å². The van der Waals surface area contributed by atoms with Gasteiger partial charge in [0.15, 0.2) is 6.79 Å². The maximum absolute atomic E-state index is 9.82. The highest BCUT2D eigenvalue weighted by atomic mass is 16.6. The molecule has 0 aliphatic carbocycles. The molecular formula is C6H13O2. The smallest absolute Gasteiger partial charge is 0.181 e. The molecule has 0 aliphatic heterocycles. The molecule has 0 aliphatic rings. The van der Waals surface area contributed by atoms with Crippen LogP contribution in [0.25, 0.3) is 0 Å². The second-order valence-electron chi connectivity index (χ2n) is 2.23. The van der Waals surface area contributed by atoms with Gasteiger partial charge in [-0.25, -0.2) is 5.11 Å². The van der Waals surface area contributed by atoms with Gasteiger partial charge in [0.25, 0.3) is 0 Å². The maximum Gasteiger partial charge on any atom is 0.181 e. The van der Waals surface area contributed by atoms with Gasteiger partial charge in [-0.3, -0.25) is 0 Å². The molecule has 0 aromatic rings. The highest BCUT2D eigenvalue weighted by molar-refractivity contribution is 4.52. The van der Waals surface area contributed by atoms with Crippen molar-refractivity contribution in [3.05, 3.63) is 0 Å². The van der Waals surface area contributed by atoms with Gasteiger partial charge in [0.2, 0.25) is 0 Å². The highest BCUT2D eigenvalue weighted by Crippen LogP contribution is 2.03. The molecule has 0 aromatic carbocycles. The van der Waals surface area contributed by atoms with E-state index >= 15 is 0 Å². The van der Waals surface area contributed by atoms with Crippen molar-refractivity contribution in [1.29, 1.82) is 0 Å². The molecular weight excluding hydrogens is 104 g/mol. The zero-order chi connectivity index (χ0) is 6.57. The van der Waals surface area contributed by atoms with Crippen LogP contribution >= 0.6 is 0 Å². The van der Waals surface area contributed by atoms with Gasteiger partial charge in [0.1, 0.15) is 0 Å². The molecule has 0 saturated carbocycles. The van der Waals surface area contributed by atoms with Gasteiger partial charge in [-0.1, -0.05) is 13.8 Å². The number of hydrogen-bond donors (Lipinski definition) is 0.